The van der Waals surface area contributed by atoms with Gasteiger partial charge in [-0.1, -0.05) is 76.2 Å². The predicted molar refractivity (Wildman–Crippen MR) is 155 cm³/mol. The van der Waals surface area contributed by atoms with E-state index in [0.717, 1.165) is 17.7 Å². The number of hydrogen-bond acceptors (Lipinski definition) is 4. The van der Waals surface area contributed by atoms with Gasteiger partial charge in [-0.05, 0) is 55.2 Å². The summed E-state index contributed by atoms with van der Waals surface area (Å²) >= 11 is 0. The highest BCUT2D eigenvalue weighted by molar-refractivity contribution is 5.96. The molecule has 2 aromatic rings. The number of rotatable bonds is 8. The summed E-state index contributed by atoms with van der Waals surface area (Å²) in [5.74, 6) is 0.284. The van der Waals surface area contributed by atoms with Crippen LogP contribution in [0, 0.1) is 11.3 Å². The summed E-state index contributed by atoms with van der Waals surface area (Å²) in [7, 11) is 0. The van der Waals surface area contributed by atoms with E-state index in [2.05, 4.69) is 37.9 Å². The third kappa shape index (κ3) is 6.81. The van der Waals surface area contributed by atoms with Gasteiger partial charge in [-0.25, -0.2) is 0 Å². The zero-order chi connectivity index (χ0) is 28.2. The van der Waals surface area contributed by atoms with Crippen molar-refractivity contribution in [2.24, 2.45) is 11.3 Å². The molecule has 2 atom stereocenters. The Hall–Kier alpha value is -3.35. The molecule has 2 aliphatic rings. The molecule has 2 aromatic carbocycles. The lowest BCUT2D eigenvalue weighted by Crippen LogP contribution is -2.57. The Morgan fingerprint density at radius 1 is 0.949 bits per heavy atom. The Bertz CT molecular complexity index is 1140. The summed E-state index contributed by atoms with van der Waals surface area (Å²) in [6, 6.07) is 19.6. The molecule has 1 N–H and O–H groups in total. The van der Waals surface area contributed by atoms with Crippen LogP contribution in [0.3, 0.4) is 0 Å². The highest BCUT2D eigenvalue weighted by Gasteiger charge is 2.54. The van der Waals surface area contributed by atoms with Crippen LogP contribution in [0.5, 0.6) is 0 Å². The first-order valence-corrected chi connectivity index (χ1v) is 14.2. The largest absolute Gasteiger partial charge is 0.348 e. The van der Waals surface area contributed by atoms with E-state index in [1.165, 1.54) is 0 Å². The first-order chi connectivity index (χ1) is 18.5. The van der Waals surface area contributed by atoms with Crippen LogP contribution in [0.1, 0.15) is 71.9 Å². The number of carbonyl (C=O) groups is 3. The molecule has 2 aliphatic heterocycles. The molecule has 2 saturated heterocycles. The maximum atomic E-state index is 14.0. The van der Waals surface area contributed by atoms with E-state index < -0.39 is 5.54 Å². The van der Waals surface area contributed by atoms with Crippen LogP contribution in [0.15, 0.2) is 60.7 Å². The molecular weight excluding hydrogens is 488 g/mol. The molecule has 0 radical (unpaired) electrons. The average molecular weight is 533 g/mol. The van der Waals surface area contributed by atoms with Crippen molar-refractivity contribution in [2.75, 3.05) is 31.2 Å². The van der Waals surface area contributed by atoms with Gasteiger partial charge in [-0.3, -0.25) is 14.4 Å². The summed E-state index contributed by atoms with van der Waals surface area (Å²) in [5.41, 5.74) is 1.42. The zero-order valence-electron chi connectivity index (χ0n) is 24.2. The van der Waals surface area contributed by atoms with Gasteiger partial charge >= 0.3 is 0 Å². The fraction of sp³-hybridized carbons (Fsp3) is 0.531. The SMILES string of the molecule is C[C@@H](CC(=O)N1CCC2(CC1)C(=O)N(CC(=O)N[C@H](C)c1ccccc1)CN2c1ccccc1)CC(C)(C)C. The molecule has 1 spiro atoms. The van der Waals surface area contributed by atoms with E-state index in [1.807, 2.05) is 72.5 Å². The molecule has 210 valence electrons. The van der Waals surface area contributed by atoms with Crippen LogP contribution < -0.4 is 10.2 Å². The molecular formula is C32H44N4O3. The van der Waals surface area contributed by atoms with Crippen LogP contribution in [0.4, 0.5) is 5.69 Å². The van der Waals surface area contributed by atoms with Crippen LogP contribution in [-0.4, -0.2) is 59.4 Å². The maximum absolute atomic E-state index is 14.0. The second kappa shape index (κ2) is 11.8. The molecule has 4 rings (SSSR count). The van der Waals surface area contributed by atoms with E-state index in [9.17, 15) is 14.4 Å². The smallest absolute Gasteiger partial charge is 0.250 e. The zero-order valence-corrected chi connectivity index (χ0v) is 24.2. The highest BCUT2D eigenvalue weighted by Crippen LogP contribution is 2.39. The van der Waals surface area contributed by atoms with Crippen molar-refractivity contribution < 1.29 is 14.4 Å². The maximum Gasteiger partial charge on any atom is 0.250 e. The number of carbonyl (C=O) groups excluding carboxylic acids is 3. The monoisotopic (exact) mass is 532 g/mol. The van der Waals surface area contributed by atoms with Crippen LogP contribution in [-0.2, 0) is 14.4 Å². The Labute approximate surface area is 233 Å². The molecule has 0 unspecified atom stereocenters. The molecule has 0 aromatic heterocycles. The third-order valence-corrected chi connectivity index (χ3v) is 8.02. The molecule has 0 saturated carbocycles. The van der Waals surface area contributed by atoms with Gasteiger partial charge in [0.15, 0.2) is 0 Å². The summed E-state index contributed by atoms with van der Waals surface area (Å²) < 4.78 is 0. The van der Waals surface area contributed by atoms with Gasteiger partial charge in [0.1, 0.15) is 12.1 Å². The van der Waals surface area contributed by atoms with Crippen molar-refractivity contribution in [3.8, 4) is 0 Å². The van der Waals surface area contributed by atoms with Crippen LogP contribution >= 0.6 is 0 Å². The van der Waals surface area contributed by atoms with Crippen molar-refractivity contribution in [1.82, 2.24) is 15.1 Å². The Balaban J connectivity index is 1.44. The van der Waals surface area contributed by atoms with Crippen molar-refractivity contribution >= 4 is 23.4 Å². The van der Waals surface area contributed by atoms with Crippen LogP contribution in [0.2, 0.25) is 0 Å². The number of amides is 3. The molecule has 2 fully saturated rings. The quantitative estimate of drug-likeness (QED) is 0.520. The lowest BCUT2D eigenvalue weighted by atomic mass is 9.83. The number of piperidine rings is 1. The van der Waals surface area contributed by atoms with E-state index in [4.69, 9.17) is 0 Å². The lowest BCUT2D eigenvalue weighted by molar-refractivity contribution is -0.140. The lowest BCUT2D eigenvalue weighted by Gasteiger charge is -2.43. The Morgan fingerprint density at radius 2 is 1.54 bits per heavy atom. The summed E-state index contributed by atoms with van der Waals surface area (Å²) in [6.45, 7) is 12.2. The van der Waals surface area contributed by atoms with E-state index in [1.54, 1.807) is 4.90 Å². The standard InChI is InChI=1S/C32H44N4O3/c1-24(21-31(3,4)5)20-29(38)34-18-16-32(17-19-34)30(39)35(23-36(32)27-14-10-7-11-15-27)22-28(37)33-25(2)26-12-8-6-9-13-26/h6-15,24-25H,16-23H2,1-5H3,(H,33,37)/t24-,25+/m0/s1. The number of para-hydroxylation sites is 1. The minimum atomic E-state index is -0.750. The van der Waals surface area contributed by atoms with E-state index in [0.29, 0.717) is 44.9 Å². The van der Waals surface area contributed by atoms with Crippen LogP contribution in [0.25, 0.3) is 0 Å². The Kier molecular flexibility index (Phi) is 8.67. The van der Waals surface area contributed by atoms with Gasteiger partial charge in [0, 0.05) is 25.2 Å². The Morgan fingerprint density at radius 3 is 2.13 bits per heavy atom. The number of benzene rings is 2. The van der Waals surface area contributed by atoms with Gasteiger partial charge in [0.25, 0.3) is 5.91 Å². The molecule has 0 bridgehead atoms. The fourth-order valence-electron chi connectivity index (χ4n) is 6.28. The fourth-order valence-corrected chi connectivity index (χ4v) is 6.28. The van der Waals surface area contributed by atoms with E-state index in [-0.39, 0.29) is 35.7 Å². The van der Waals surface area contributed by atoms with Gasteiger partial charge in [0.05, 0.1) is 12.7 Å². The highest BCUT2D eigenvalue weighted by atomic mass is 16.2. The van der Waals surface area contributed by atoms with Crippen molar-refractivity contribution in [1.29, 1.82) is 0 Å². The molecule has 2 heterocycles. The van der Waals surface area contributed by atoms with Crippen molar-refractivity contribution in [3.63, 3.8) is 0 Å². The predicted octanol–water partition coefficient (Wildman–Crippen LogP) is 4.99. The molecule has 7 nitrogen and oxygen atoms in total. The van der Waals surface area contributed by atoms with Gasteiger partial charge in [0.2, 0.25) is 11.8 Å². The normalized spacial score (nSPS) is 18.8. The number of anilines is 1. The number of hydrogen-bond donors (Lipinski definition) is 1. The average Bonchev–Trinajstić information content (AvgIpc) is 3.15. The second-order valence-electron chi connectivity index (χ2n) is 12.6. The molecule has 7 heteroatoms. The van der Waals surface area contributed by atoms with E-state index >= 15 is 0 Å². The third-order valence-electron chi connectivity index (χ3n) is 8.02. The molecule has 0 aliphatic carbocycles. The number of nitrogens with one attached hydrogen (secondary N) is 1. The summed E-state index contributed by atoms with van der Waals surface area (Å²) in [5, 5.41) is 3.04. The minimum Gasteiger partial charge on any atom is -0.348 e. The first kappa shape index (κ1) is 28.7. The summed E-state index contributed by atoms with van der Waals surface area (Å²) in [6.07, 6.45) is 2.64. The number of nitrogens with zero attached hydrogens (tertiary/aromatic N) is 3. The van der Waals surface area contributed by atoms with Gasteiger partial charge in [-0.2, -0.15) is 0 Å². The second-order valence-corrected chi connectivity index (χ2v) is 12.6. The molecule has 39 heavy (non-hydrogen) atoms. The topological polar surface area (TPSA) is 73.0 Å². The minimum absolute atomic E-state index is 0.00799. The van der Waals surface area contributed by atoms with Crippen molar-refractivity contribution in [3.05, 3.63) is 66.2 Å². The first-order valence-electron chi connectivity index (χ1n) is 14.2. The van der Waals surface area contributed by atoms with Crippen molar-refractivity contribution in [2.45, 2.75) is 71.9 Å². The molecule has 3 amide bonds. The number of likely N-dealkylation sites (tertiary alicyclic amines) is 1. The van der Waals surface area contributed by atoms with Gasteiger partial charge in [-0.15, -0.1) is 0 Å². The van der Waals surface area contributed by atoms with Gasteiger partial charge < -0.3 is 20.0 Å². The summed E-state index contributed by atoms with van der Waals surface area (Å²) in [4.78, 5) is 45.8.